The highest BCUT2D eigenvalue weighted by Gasteiger charge is 2.60. The second kappa shape index (κ2) is 2.83. The summed E-state index contributed by atoms with van der Waals surface area (Å²) < 4.78 is 5.37. The minimum absolute atomic E-state index is 0.377. The molecule has 1 N–H and O–H groups in total. The van der Waals surface area contributed by atoms with E-state index in [0.29, 0.717) is 6.04 Å². The number of piperidine rings is 1. The number of hydrogen-bond donors (Lipinski definition) is 1. The topological polar surface area (TPSA) is 38.1 Å². The van der Waals surface area contributed by atoms with Crippen molar-refractivity contribution in [2.75, 3.05) is 6.54 Å². The van der Waals surface area contributed by atoms with Crippen LogP contribution in [0.4, 0.5) is 0 Å². The highest BCUT2D eigenvalue weighted by atomic mass is 16.3. The van der Waals surface area contributed by atoms with Gasteiger partial charge >= 0.3 is 0 Å². The third kappa shape index (κ3) is 1.05. The smallest absolute Gasteiger partial charge is 0.211 e. The standard InChI is InChI=1S/C11H16N2O/c1-6(2)8-7-5-13-10(9(7)8)11-12-3-4-14-11/h3-4,6-10,13H,5H2,1-2H3. The number of oxazole rings is 1. The van der Waals surface area contributed by atoms with E-state index in [-0.39, 0.29) is 0 Å². The summed E-state index contributed by atoms with van der Waals surface area (Å²) in [5, 5.41) is 3.49. The van der Waals surface area contributed by atoms with Gasteiger partial charge in [0.1, 0.15) is 6.26 Å². The number of nitrogens with zero attached hydrogens (tertiary/aromatic N) is 1. The van der Waals surface area contributed by atoms with Gasteiger partial charge in [-0.3, -0.25) is 0 Å². The lowest BCUT2D eigenvalue weighted by Gasteiger charge is -2.14. The van der Waals surface area contributed by atoms with Crippen LogP contribution >= 0.6 is 0 Å². The molecule has 1 aliphatic heterocycles. The summed E-state index contributed by atoms with van der Waals surface area (Å²) in [6.45, 7) is 5.77. The minimum Gasteiger partial charge on any atom is -0.447 e. The van der Waals surface area contributed by atoms with Gasteiger partial charge in [-0.25, -0.2) is 4.98 Å². The van der Waals surface area contributed by atoms with Crippen LogP contribution in [-0.4, -0.2) is 11.5 Å². The molecule has 3 rings (SSSR count). The Morgan fingerprint density at radius 2 is 2.43 bits per heavy atom. The predicted octanol–water partition coefficient (Wildman–Crippen LogP) is 1.84. The van der Waals surface area contributed by atoms with Crippen LogP contribution in [-0.2, 0) is 0 Å². The van der Waals surface area contributed by atoms with Crippen molar-refractivity contribution in [2.45, 2.75) is 19.9 Å². The molecule has 1 aromatic rings. The van der Waals surface area contributed by atoms with Crippen molar-refractivity contribution in [1.82, 2.24) is 10.3 Å². The molecule has 0 spiro atoms. The van der Waals surface area contributed by atoms with E-state index in [1.807, 2.05) is 0 Å². The summed E-state index contributed by atoms with van der Waals surface area (Å²) in [6.07, 6.45) is 3.40. The fraction of sp³-hybridized carbons (Fsp3) is 0.727. The maximum atomic E-state index is 5.37. The average Bonchev–Trinajstić information content (AvgIpc) is 2.57. The van der Waals surface area contributed by atoms with Gasteiger partial charge in [0.15, 0.2) is 0 Å². The van der Waals surface area contributed by atoms with Crippen LogP contribution in [0.2, 0.25) is 0 Å². The van der Waals surface area contributed by atoms with Gasteiger partial charge in [-0.15, -0.1) is 0 Å². The molecule has 1 saturated carbocycles. The van der Waals surface area contributed by atoms with Crippen molar-refractivity contribution in [1.29, 1.82) is 0 Å². The first kappa shape index (κ1) is 8.48. The van der Waals surface area contributed by atoms with Crippen molar-refractivity contribution in [3.05, 3.63) is 18.4 Å². The first-order valence-corrected chi connectivity index (χ1v) is 5.42. The van der Waals surface area contributed by atoms with Gasteiger partial charge < -0.3 is 9.73 Å². The maximum absolute atomic E-state index is 5.37. The predicted molar refractivity (Wildman–Crippen MR) is 52.6 cm³/mol. The van der Waals surface area contributed by atoms with E-state index in [9.17, 15) is 0 Å². The molecule has 1 saturated heterocycles. The van der Waals surface area contributed by atoms with E-state index in [4.69, 9.17) is 4.42 Å². The molecule has 4 unspecified atom stereocenters. The molecule has 0 amide bonds. The molecule has 0 bridgehead atoms. The molecular formula is C11H16N2O. The number of rotatable bonds is 2. The van der Waals surface area contributed by atoms with Crippen molar-refractivity contribution in [3.63, 3.8) is 0 Å². The number of nitrogens with one attached hydrogen (secondary N) is 1. The van der Waals surface area contributed by atoms with Gasteiger partial charge in [-0.2, -0.15) is 0 Å². The summed E-state index contributed by atoms with van der Waals surface area (Å²) in [5.41, 5.74) is 0. The zero-order chi connectivity index (χ0) is 9.71. The molecule has 76 valence electrons. The summed E-state index contributed by atoms with van der Waals surface area (Å²) in [5.74, 6) is 4.19. The zero-order valence-corrected chi connectivity index (χ0v) is 8.60. The third-order valence-corrected chi connectivity index (χ3v) is 3.74. The first-order valence-electron chi connectivity index (χ1n) is 5.42. The van der Waals surface area contributed by atoms with Crippen molar-refractivity contribution in [3.8, 4) is 0 Å². The third-order valence-electron chi connectivity index (χ3n) is 3.74. The van der Waals surface area contributed by atoms with E-state index in [0.717, 1.165) is 36.1 Å². The Labute approximate surface area is 83.9 Å². The summed E-state index contributed by atoms with van der Waals surface area (Å²) in [7, 11) is 0. The largest absolute Gasteiger partial charge is 0.447 e. The van der Waals surface area contributed by atoms with Crippen LogP contribution < -0.4 is 5.32 Å². The molecule has 0 radical (unpaired) electrons. The molecule has 14 heavy (non-hydrogen) atoms. The lowest BCUT2D eigenvalue weighted by molar-refractivity contribution is 0.355. The number of fused-ring (bicyclic) bond motifs is 1. The monoisotopic (exact) mass is 192 g/mol. The minimum atomic E-state index is 0.377. The zero-order valence-electron chi connectivity index (χ0n) is 8.60. The molecule has 2 fully saturated rings. The van der Waals surface area contributed by atoms with E-state index < -0.39 is 0 Å². The molecular weight excluding hydrogens is 176 g/mol. The van der Waals surface area contributed by atoms with Crippen LogP contribution in [0.1, 0.15) is 25.8 Å². The molecule has 2 heterocycles. The van der Waals surface area contributed by atoms with Gasteiger partial charge in [-0.1, -0.05) is 13.8 Å². The lowest BCUT2D eigenvalue weighted by Crippen LogP contribution is -2.22. The fourth-order valence-electron chi connectivity index (χ4n) is 3.15. The Bertz CT molecular complexity index is 320. The summed E-state index contributed by atoms with van der Waals surface area (Å²) in [4.78, 5) is 4.24. The lowest BCUT2D eigenvalue weighted by atomic mass is 10.0. The Hall–Kier alpha value is -0.830. The quantitative estimate of drug-likeness (QED) is 0.777. The second-order valence-corrected chi connectivity index (χ2v) is 4.82. The van der Waals surface area contributed by atoms with E-state index >= 15 is 0 Å². The Morgan fingerprint density at radius 1 is 1.57 bits per heavy atom. The average molecular weight is 192 g/mol. The van der Waals surface area contributed by atoms with Crippen LogP contribution in [0.3, 0.4) is 0 Å². The van der Waals surface area contributed by atoms with E-state index in [1.165, 1.54) is 0 Å². The molecule has 4 atom stereocenters. The molecule has 2 aliphatic rings. The van der Waals surface area contributed by atoms with Crippen LogP contribution in [0.25, 0.3) is 0 Å². The van der Waals surface area contributed by atoms with Crippen molar-refractivity contribution < 1.29 is 4.42 Å². The molecule has 1 aliphatic carbocycles. The van der Waals surface area contributed by atoms with Crippen molar-refractivity contribution in [2.24, 2.45) is 23.7 Å². The maximum Gasteiger partial charge on any atom is 0.211 e. The Balaban J connectivity index is 1.79. The molecule has 3 heteroatoms. The van der Waals surface area contributed by atoms with Gasteiger partial charge in [0.05, 0.1) is 12.2 Å². The van der Waals surface area contributed by atoms with Gasteiger partial charge in [0.2, 0.25) is 5.89 Å². The molecule has 3 nitrogen and oxygen atoms in total. The second-order valence-electron chi connectivity index (χ2n) is 4.82. The first-order chi connectivity index (χ1) is 6.79. The van der Waals surface area contributed by atoms with Crippen LogP contribution in [0.5, 0.6) is 0 Å². The van der Waals surface area contributed by atoms with Gasteiger partial charge in [0.25, 0.3) is 0 Å². The van der Waals surface area contributed by atoms with Crippen LogP contribution in [0, 0.1) is 23.7 Å². The highest BCUT2D eigenvalue weighted by Crippen LogP contribution is 2.59. The van der Waals surface area contributed by atoms with Gasteiger partial charge in [0, 0.05) is 0 Å². The molecule has 1 aromatic heterocycles. The van der Waals surface area contributed by atoms with Crippen molar-refractivity contribution >= 4 is 0 Å². The van der Waals surface area contributed by atoms with E-state index in [2.05, 4.69) is 24.1 Å². The van der Waals surface area contributed by atoms with E-state index in [1.54, 1.807) is 12.5 Å². The Kier molecular flexibility index (Phi) is 1.71. The fourth-order valence-corrected chi connectivity index (χ4v) is 3.15. The number of hydrogen-bond acceptors (Lipinski definition) is 3. The molecule has 0 aromatic carbocycles. The Morgan fingerprint density at radius 3 is 3.00 bits per heavy atom. The highest BCUT2D eigenvalue weighted by molar-refractivity contribution is 5.14. The summed E-state index contributed by atoms with van der Waals surface area (Å²) in [6, 6.07) is 0.377. The SMILES string of the molecule is CC(C)C1C2CNC(c3ncco3)C21. The normalized spacial score (nSPS) is 40.2. The van der Waals surface area contributed by atoms with Crippen LogP contribution in [0.15, 0.2) is 16.9 Å². The summed E-state index contributed by atoms with van der Waals surface area (Å²) >= 11 is 0. The number of aromatic nitrogens is 1. The van der Waals surface area contributed by atoms with Gasteiger partial charge in [-0.05, 0) is 30.2 Å².